The maximum atomic E-state index is 12.1. The molecule has 1 fully saturated rings. The molecule has 0 aliphatic carbocycles. The summed E-state index contributed by atoms with van der Waals surface area (Å²) in [5.41, 5.74) is 0.932. The summed E-state index contributed by atoms with van der Waals surface area (Å²) in [7, 11) is 0. The summed E-state index contributed by atoms with van der Waals surface area (Å²) in [6.07, 6.45) is 0.924. The standard InChI is InChI=1S/C17H19Cl2N5O2/c1-9(2)14-7-26-17(25)24(14)16-21-8-20-15(23-16)22-10(3)11-4-5-12(18)13(19)6-11/h4-6,8-10,14H,7H2,1-3H3,(H,20,21,22,23)/t10-,14+/m0/s1. The molecule has 2 heterocycles. The molecule has 1 N–H and O–H groups in total. The lowest BCUT2D eigenvalue weighted by molar-refractivity contribution is 0.177. The number of cyclic esters (lactones) is 1. The zero-order valence-corrected chi connectivity index (χ0v) is 16.1. The Morgan fingerprint density at radius 3 is 2.69 bits per heavy atom. The van der Waals surface area contributed by atoms with Gasteiger partial charge in [-0.3, -0.25) is 0 Å². The summed E-state index contributed by atoms with van der Waals surface area (Å²) in [5.74, 6) is 0.838. The molecule has 1 aromatic heterocycles. The molecule has 1 saturated heterocycles. The highest BCUT2D eigenvalue weighted by molar-refractivity contribution is 6.42. The van der Waals surface area contributed by atoms with E-state index in [9.17, 15) is 4.79 Å². The SMILES string of the molecule is CC(C)[C@H]1COC(=O)N1c1ncnc(N[C@@H](C)c2ccc(Cl)c(Cl)c2)n1. The number of carbonyl (C=O) groups excluding carboxylic acids is 1. The average Bonchev–Trinajstić information content (AvgIpc) is 2.99. The van der Waals surface area contributed by atoms with Crippen molar-refractivity contribution >= 4 is 41.2 Å². The lowest BCUT2D eigenvalue weighted by Crippen LogP contribution is -2.38. The van der Waals surface area contributed by atoms with Crippen LogP contribution in [0, 0.1) is 5.92 Å². The molecule has 9 heteroatoms. The number of carbonyl (C=O) groups is 1. The Morgan fingerprint density at radius 2 is 2.00 bits per heavy atom. The van der Waals surface area contributed by atoms with Gasteiger partial charge in [0.15, 0.2) is 0 Å². The van der Waals surface area contributed by atoms with Crippen molar-refractivity contribution in [2.45, 2.75) is 32.9 Å². The second-order valence-corrected chi connectivity index (χ2v) is 7.22. The first-order valence-corrected chi connectivity index (χ1v) is 8.99. The van der Waals surface area contributed by atoms with Crippen molar-refractivity contribution in [2.24, 2.45) is 5.92 Å². The molecule has 2 aromatic rings. The van der Waals surface area contributed by atoms with Gasteiger partial charge in [0.2, 0.25) is 11.9 Å². The van der Waals surface area contributed by atoms with Crippen LogP contribution in [0.2, 0.25) is 10.0 Å². The molecule has 138 valence electrons. The summed E-state index contributed by atoms with van der Waals surface area (Å²) in [6, 6.07) is 5.18. The van der Waals surface area contributed by atoms with Crippen LogP contribution in [-0.4, -0.2) is 33.7 Å². The molecule has 0 bridgehead atoms. The van der Waals surface area contributed by atoms with Gasteiger partial charge >= 0.3 is 6.09 Å². The van der Waals surface area contributed by atoms with Crippen LogP contribution in [0.3, 0.4) is 0 Å². The van der Waals surface area contributed by atoms with Crippen molar-refractivity contribution in [1.82, 2.24) is 15.0 Å². The van der Waals surface area contributed by atoms with Crippen LogP contribution in [0.5, 0.6) is 0 Å². The van der Waals surface area contributed by atoms with Gasteiger partial charge in [-0.2, -0.15) is 4.98 Å². The van der Waals surface area contributed by atoms with Crippen LogP contribution in [0.4, 0.5) is 16.7 Å². The van der Waals surface area contributed by atoms with E-state index in [4.69, 9.17) is 27.9 Å². The van der Waals surface area contributed by atoms with Crippen molar-refractivity contribution < 1.29 is 9.53 Å². The molecular formula is C17H19Cl2N5O2. The van der Waals surface area contributed by atoms with E-state index >= 15 is 0 Å². The van der Waals surface area contributed by atoms with E-state index in [0.29, 0.717) is 22.6 Å². The molecule has 26 heavy (non-hydrogen) atoms. The summed E-state index contributed by atoms with van der Waals surface area (Å²) in [5, 5.41) is 4.16. The van der Waals surface area contributed by atoms with E-state index in [1.165, 1.54) is 11.2 Å². The van der Waals surface area contributed by atoms with Crippen LogP contribution in [0.15, 0.2) is 24.5 Å². The first-order chi connectivity index (χ1) is 12.4. The fourth-order valence-electron chi connectivity index (χ4n) is 2.69. The van der Waals surface area contributed by atoms with Crippen molar-refractivity contribution in [1.29, 1.82) is 0 Å². The highest BCUT2D eigenvalue weighted by Gasteiger charge is 2.38. The topological polar surface area (TPSA) is 80.2 Å². The van der Waals surface area contributed by atoms with E-state index < -0.39 is 6.09 Å². The molecule has 7 nitrogen and oxygen atoms in total. The normalized spacial score (nSPS) is 18.2. The van der Waals surface area contributed by atoms with Crippen molar-refractivity contribution in [3.05, 3.63) is 40.1 Å². The predicted molar refractivity (Wildman–Crippen MR) is 101 cm³/mol. The third kappa shape index (κ3) is 3.83. The molecule has 1 amide bonds. The molecule has 2 atom stereocenters. The first-order valence-electron chi connectivity index (χ1n) is 8.23. The number of hydrogen-bond acceptors (Lipinski definition) is 6. The Balaban J connectivity index is 1.81. The molecule has 0 saturated carbocycles. The van der Waals surface area contributed by atoms with Gasteiger partial charge in [-0.15, -0.1) is 0 Å². The summed E-state index contributed by atoms with van der Waals surface area (Å²) < 4.78 is 5.15. The number of nitrogens with zero attached hydrogens (tertiary/aromatic N) is 4. The van der Waals surface area contributed by atoms with E-state index in [1.54, 1.807) is 12.1 Å². The first kappa shape index (κ1) is 18.7. The van der Waals surface area contributed by atoms with Crippen LogP contribution in [0.1, 0.15) is 32.4 Å². The number of benzene rings is 1. The largest absolute Gasteiger partial charge is 0.447 e. The summed E-state index contributed by atoms with van der Waals surface area (Å²) >= 11 is 12.0. The zero-order chi connectivity index (χ0) is 18.8. The number of nitrogens with one attached hydrogen (secondary N) is 1. The Kier molecular flexibility index (Phi) is 5.48. The maximum absolute atomic E-state index is 12.1. The van der Waals surface area contributed by atoms with Gasteiger partial charge in [0, 0.05) is 0 Å². The molecule has 0 spiro atoms. The number of aromatic nitrogens is 3. The Hall–Kier alpha value is -2.12. The lowest BCUT2D eigenvalue weighted by atomic mass is 10.1. The Labute approximate surface area is 161 Å². The van der Waals surface area contributed by atoms with Gasteiger partial charge < -0.3 is 10.1 Å². The van der Waals surface area contributed by atoms with E-state index in [2.05, 4.69) is 20.3 Å². The number of amides is 1. The third-order valence-corrected chi connectivity index (χ3v) is 4.98. The van der Waals surface area contributed by atoms with Gasteiger partial charge in [0.1, 0.15) is 12.9 Å². The summed E-state index contributed by atoms with van der Waals surface area (Å²) in [6.45, 7) is 6.31. The molecular weight excluding hydrogens is 377 g/mol. The molecule has 1 aliphatic rings. The Bertz CT molecular complexity index is 817. The van der Waals surface area contributed by atoms with Crippen molar-refractivity contribution in [2.75, 3.05) is 16.8 Å². The lowest BCUT2D eigenvalue weighted by Gasteiger charge is -2.22. The quantitative estimate of drug-likeness (QED) is 0.810. The minimum Gasteiger partial charge on any atom is -0.447 e. The van der Waals surface area contributed by atoms with Gasteiger partial charge in [-0.1, -0.05) is 43.1 Å². The second-order valence-electron chi connectivity index (χ2n) is 6.41. The Morgan fingerprint density at radius 1 is 1.23 bits per heavy atom. The number of rotatable bonds is 5. The minimum absolute atomic E-state index is 0.106. The maximum Gasteiger partial charge on any atom is 0.417 e. The van der Waals surface area contributed by atoms with E-state index in [-0.39, 0.29) is 23.9 Å². The predicted octanol–water partition coefficient (Wildman–Crippen LogP) is 4.33. The highest BCUT2D eigenvalue weighted by atomic mass is 35.5. The molecule has 1 aliphatic heterocycles. The summed E-state index contributed by atoms with van der Waals surface area (Å²) in [4.78, 5) is 26.2. The van der Waals surface area contributed by atoms with Crippen molar-refractivity contribution in [3.63, 3.8) is 0 Å². The molecule has 0 radical (unpaired) electrons. The van der Waals surface area contributed by atoms with Crippen LogP contribution < -0.4 is 10.2 Å². The highest BCUT2D eigenvalue weighted by Crippen LogP contribution is 2.28. The number of hydrogen-bond donors (Lipinski definition) is 1. The van der Waals surface area contributed by atoms with E-state index in [0.717, 1.165) is 5.56 Å². The van der Waals surface area contributed by atoms with Crippen molar-refractivity contribution in [3.8, 4) is 0 Å². The fourth-order valence-corrected chi connectivity index (χ4v) is 3.00. The minimum atomic E-state index is -0.446. The third-order valence-electron chi connectivity index (χ3n) is 4.24. The van der Waals surface area contributed by atoms with Crippen LogP contribution in [-0.2, 0) is 4.74 Å². The molecule has 3 rings (SSSR count). The molecule has 0 unspecified atom stereocenters. The number of ether oxygens (including phenoxy) is 1. The van der Waals surface area contributed by atoms with Crippen LogP contribution in [0.25, 0.3) is 0 Å². The van der Waals surface area contributed by atoms with Gasteiger partial charge in [-0.05, 0) is 30.5 Å². The number of anilines is 2. The zero-order valence-electron chi connectivity index (χ0n) is 14.6. The second kappa shape index (κ2) is 7.63. The van der Waals surface area contributed by atoms with Gasteiger partial charge in [0.25, 0.3) is 0 Å². The van der Waals surface area contributed by atoms with E-state index in [1.807, 2.05) is 26.8 Å². The fraction of sp³-hybridized carbons (Fsp3) is 0.412. The smallest absolute Gasteiger partial charge is 0.417 e. The average molecular weight is 396 g/mol. The monoisotopic (exact) mass is 395 g/mol. The molecule has 1 aromatic carbocycles. The van der Waals surface area contributed by atoms with Crippen LogP contribution >= 0.6 is 23.2 Å². The number of halogens is 2. The van der Waals surface area contributed by atoms with Gasteiger partial charge in [-0.25, -0.2) is 19.7 Å². The van der Waals surface area contributed by atoms with Gasteiger partial charge in [0.05, 0.1) is 22.1 Å².